The van der Waals surface area contributed by atoms with Gasteiger partial charge in [-0.25, -0.2) is 13.4 Å². The molecular formula is C27H38N4O3S. The van der Waals surface area contributed by atoms with Crippen molar-refractivity contribution in [3.63, 3.8) is 0 Å². The zero-order valence-corrected chi connectivity index (χ0v) is 21.4. The summed E-state index contributed by atoms with van der Waals surface area (Å²) in [5, 5.41) is 4.16. The van der Waals surface area contributed by atoms with Gasteiger partial charge in [-0.2, -0.15) is 4.31 Å². The van der Waals surface area contributed by atoms with Crippen molar-refractivity contribution in [3.05, 3.63) is 30.3 Å². The second kappa shape index (κ2) is 10.8. The Morgan fingerprint density at radius 2 is 1.60 bits per heavy atom. The number of rotatable bonds is 5. The fourth-order valence-electron chi connectivity index (χ4n) is 5.83. The summed E-state index contributed by atoms with van der Waals surface area (Å²) in [6, 6.07) is 9.50. The van der Waals surface area contributed by atoms with Crippen LogP contribution >= 0.6 is 0 Å². The van der Waals surface area contributed by atoms with E-state index >= 15 is 0 Å². The Kier molecular flexibility index (Phi) is 7.58. The second-order valence-electron chi connectivity index (χ2n) is 10.5. The third-order valence-corrected chi connectivity index (χ3v) is 9.81. The number of nitrogens with zero attached hydrogens (tertiary/aromatic N) is 3. The average Bonchev–Trinajstić information content (AvgIpc) is 3.17. The minimum absolute atomic E-state index is 0.0124. The molecule has 3 aliphatic rings. The Bertz CT molecular complexity index is 1140. The second-order valence-corrected chi connectivity index (χ2v) is 12.4. The number of fused-ring (bicyclic) bond motifs is 1. The molecule has 35 heavy (non-hydrogen) atoms. The number of sulfonamides is 1. The van der Waals surface area contributed by atoms with Crippen molar-refractivity contribution in [3.8, 4) is 0 Å². The van der Waals surface area contributed by atoms with Gasteiger partial charge in [0.1, 0.15) is 5.82 Å². The molecular weight excluding hydrogens is 460 g/mol. The maximum Gasteiger partial charge on any atom is 0.243 e. The molecule has 0 unspecified atom stereocenters. The molecule has 0 spiro atoms. The van der Waals surface area contributed by atoms with Crippen LogP contribution in [0, 0.1) is 5.92 Å². The van der Waals surface area contributed by atoms with E-state index in [0.29, 0.717) is 30.6 Å². The number of pyridine rings is 1. The highest BCUT2D eigenvalue weighted by Gasteiger charge is 2.29. The number of benzene rings is 1. The van der Waals surface area contributed by atoms with Gasteiger partial charge in [0.25, 0.3) is 0 Å². The molecule has 2 aromatic rings. The largest absolute Gasteiger partial charge is 0.356 e. The van der Waals surface area contributed by atoms with E-state index < -0.39 is 10.0 Å². The highest BCUT2D eigenvalue weighted by Crippen LogP contribution is 2.28. The summed E-state index contributed by atoms with van der Waals surface area (Å²) in [5.41, 5.74) is 0.783. The van der Waals surface area contributed by atoms with Crippen LogP contribution in [-0.4, -0.2) is 55.8 Å². The average molecular weight is 499 g/mol. The minimum atomic E-state index is -3.46. The van der Waals surface area contributed by atoms with Gasteiger partial charge in [0, 0.05) is 37.6 Å². The van der Waals surface area contributed by atoms with Crippen LogP contribution in [0.25, 0.3) is 10.9 Å². The maximum atomic E-state index is 13.1. The normalized spacial score (nSPS) is 23.2. The number of piperidine rings is 2. The van der Waals surface area contributed by atoms with Crippen LogP contribution in [-0.2, 0) is 14.8 Å². The topological polar surface area (TPSA) is 82.6 Å². The molecule has 3 heterocycles. The molecule has 190 valence electrons. The van der Waals surface area contributed by atoms with Crippen molar-refractivity contribution >= 4 is 32.7 Å². The van der Waals surface area contributed by atoms with Crippen LogP contribution in [0.2, 0.25) is 0 Å². The molecule has 1 atom stereocenters. The first-order valence-corrected chi connectivity index (χ1v) is 14.9. The zero-order chi connectivity index (χ0) is 24.3. The van der Waals surface area contributed by atoms with Crippen LogP contribution in [0.5, 0.6) is 0 Å². The molecule has 1 aliphatic carbocycles. The van der Waals surface area contributed by atoms with Gasteiger partial charge in [0.2, 0.25) is 15.9 Å². The quantitative estimate of drug-likeness (QED) is 0.615. The lowest BCUT2D eigenvalue weighted by Gasteiger charge is -2.33. The van der Waals surface area contributed by atoms with Crippen molar-refractivity contribution in [2.24, 2.45) is 5.92 Å². The van der Waals surface area contributed by atoms with Crippen molar-refractivity contribution in [1.29, 1.82) is 0 Å². The summed E-state index contributed by atoms with van der Waals surface area (Å²) in [6.07, 6.45) is 12.0. The summed E-state index contributed by atoms with van der Waals surface area (Å²) >= 11 is 0. The molecule has 1 N–H and O–H groups in total. The van der Waals surface area contributed by atoms with Gasteiger partial charge < -0.3 is 10.2 Å². The van der Waals surface area contributed by atoms with Gasteiger partial charge in [-0.15, -0.1) is 0 Å². The Balaban J connectivity index is 1.27. The van der Waals surface area contributed by atoms with E-state index in [2.05, 4.69) is 10.2 Å². The van der Waals surface area contributed by atoms with Crippen molar-refractivity contribution in [2.45, 2.75) is 81.6 Å². The lowest BCUT2D eigenvalue weighted by atomic mass is 9.96. The van der Waals surface area contributed by atoms with Crippen molar-refractivity contribution < 1.29 is 13.2 Å². The molecule has 1 aromatic carbocycles. The van der Waals surface area contributed by atoms with Crippen LogP contribution in [0.15, 0.2) is 35.2 Å². The molecule has 5 rings (SSSR count). The Morgan fingerprint density at radius 1 is 0.857 bits per heavy atom. The Morgan fingerprint density at radius 3 is 2.37 bits per heavy atom. The molecule has 8 heteroatoms. The summed E-state index contributed by atoms with van der Waals surface area (Å²) < 4.78 is 27.7. The van der Waals surface area contributed by atoms with Gasteiger partial charge in [0.05, 0.1) is 16.3 Å². The summed E-state index contributed by atoms with van der Waals surface area (Å²) in [6.45, 7) is 2.76. The predicted octanol–water partition coefficient (Wildman–Crippen LogP) is 4.46. The molecule has 1 amide bonds. The Labute approximate surface area is 209 Å². The first kappa shape index (κ1) is 24.5. The maximum absolute atomic E-state index is 13.1. The van der Waals surface area contributed by atoms with Gasteiger partial charge in [-0.05, 0) is 68.9 Å². The van der Waals surface area contributed by atoms with E-state index in [1.807, 2.05) is 18.2 Å². The number of hydrogen-bond acceptors (Lipinski definition) is 5. The molecule has 2 saturated heterocycles. The zero-order valence-electron chi connectivity index (χ0n) is 20.6. The highest BCUT2D eigenvalue weighted by atomic mass is 32.2. The minimum Gasteiger partial charge on any atom is -0.356 e. The van der Waals surface area contributed by atoms with Crippen LogP contribution < -0.4 is 10.2 Å². The number of amides is 1. The van der Waals surface area contributed by atoms with Gasteiger partial charge >= 0.3 is 0 Å². The summed E-state index contributed by atoms with van der Waals surface area (Å²) in [5.74, 6) is 1.03. The summed E-state index contributed by atoms with van der Waals surface area (Å²) in [7, 11) is -3.46. The predicted molar refractivity (Wildman–Crippen MR) is 139 cm³/mol. The first-order valence-electron chi connectivity index (χ1n) is 13.5. The lowest BCUT2D eigenvalue weighted by molar-refractivity contribution is -0.126. The molecule has 0 radical (unpaired) electrons. The molecule has 1 saturated carbocycles. The summed E-state index contributed by atoms with van der Waals surface area (Å²) in [4.78, 5) is 20.4. The van der Waals surface area contributed by atoms with Gasteiger partial charge in [0.15, 0.2) is 0 Å². The van der Waals surface area contributed by atoms with E-state index in [1.165, 1.54) is 25.7 Å². The third-order valence-electron chi connectivity index (χ3n) is 7.92. The van der Waals surface area contributed by atoms with Crippen LogP contribution in [0.1, 0.15) is 70.6 Å². The van der Waals surface area contributed by atoms with Crippen LogP contribution in [0.4, 0.5) is 5.82 Å². The number of anilines is 1. The van der Waals surface area contributed by atoms with Crippen LogP contribution in [0.3, 0.4) is 0 Å². The first-order chi connectivity index (χ1) is 17.0. The fraction of sp³-hybridized carbons (Fsp3) is 0.630. The molecule has 3 fully saturated rings. The van der Waals surface area contributed by atoms with Gasteiger partial charge in [-0.3, -0.25) is 4.79 Å². The number of hydrogen-bond donors (Lipinski definition) is 1. The lowest BCUT2D eigenvalue weighted by Crippen LogP contribution is -2.46. The number of aromatic nitrogens is 1. The molecule has 1 aromatic heterocycles. The SMILES string of the molecule is O=C(NC1CCCCCC1)[C@H]1CCCN(c2ccc3cc(S(=O)(=O)N4CCCCC4)ccc3n2)C1. The van der Waals surface area contributed by atoms with E-state index in [9.17, 15) is 13.2 Å². The highest BCUT2D eigenvalue weighted by molar-refractivity contribution is 7.89. The van der Waals surface area contributed by atoms with E-state index in [-0.39, 0.29) is 11.8 Å². The monoisotopic (exact) mass is 498 g/mol. The number of carbonyl (C=O) groups excluding carboxylic acids is 1. The smallest absolute Gasteiger partial charge is 0.243 e. The number of nitrogens with one attached hydrogen (secondary N) is 1. The molecule has 7 nitrogen and oxygen atoms in total. The van der Waals surface area contributed by atoms with E-state index in [0.717, 1.165) is 68.2 Å². The van der Waals surface area contributed by atoms with Crippen molar-refractivity contribution in [2.75, 3.05) is 31.1 Å². The number of carbonyl (C=O) groups is 1. The molecule has 2 aliphatic heterocycles. The van der Waals surface area contributed by atoms with Crippen molar-refractivity contribution in [1.82, 2.24) is 14.6 Å². The van der Waals surface area contributed by atoms with E-state index in [1.54, 1.807) is 16.4 Å². The Hall–Kier alpha value is -2.19. The van der Waals surface area contributed by atoms with E-state index in [4.69, 9.17) is 4.98 Å². The standard InChI is InChI=1S/C27H38N4O3S/c32-27(28-23-10-4-1-2-5-11-23)22-9-8-16-30(20-22)26-15-12-21-19-24(13-14-25(21)29-26)35(33,34)31-17-6-3-7-18-31/h12-15,19,22-23H,1-11,16-18,20H2,(H,28,32)/t22-/m0/s1. The molecule has 0 bridgehead atoms. The fourth-order valence-corrected chi connectivity index (χ4v) is 7.38. The third kappa shape index (κ3) is 5.64. The van der Waals surface area contributed by atoms with Gasteiger partial charge in [-0.1, -0.05) is 32.1 Å².